The number of aryl methyl sites for hydroxylation is 2. The molecule has 3 nitrogen and oxygen atoms in total. The third kappa shape index (κ3) is 1.69. The van der Waals surface area contributed by atoms with Gasteiger partial charge in [-0.1, -0.05) is 6.92 Å². The molecule has 0 aliphatic rings. The lowest BCUT2D eigenvalue weighted by molar-refractivity contribution is 0.521. The number of hydrogen-bond acceptors (Lipinski definition) is 1. The van der Waals surface area contributed by atoms with Crippen molar-refractivity contribution in [1.29, 1.82) is 0 Å². The summed E-state index contributed by atoms with van der Waals surface area (Å²) in [5, 5.41) is 0. The highest BCUT2D eigenvalue weighted by atomic mass is 15.1. The Hall–Kier alpha value is -1.51. The molecular weight excluding hydrogens is 186 g/mol. The summed E-state index contributed by atoms with van der Waals surface area (Å²) in [6.07, 6.45) is 4.74. The standard InChI is InChI=1S/C12H17N3/c1-4-11(12-13-7-8-14-12)15-9(2)5-6-10(15)3/h5-8,11H,4H2,1-3H3,(H,13,14). The van der Waals surface area contributed by atoms with Gasteiger partial charge in [0.25, 0.3) is 0 Å². The van der Waals surface area contributed by atoms with Crippen molar-refractivity contribution < 1.29 is 0 Å². The first kappa shape index (κ1) is 10.0. The van der Waals surface area contributed by atoms with Gasteiger partial charge in [-0.25, -0.2) is 4.98 Å². The normalized spacial score (nSPS) is 13.0. The van der Waals surface area contributed by atoms with Gasteiger partial charge in [-0.2, -0.15) is 0 Å². The fourth-order valence-electron chi connectivity index (χ4n) is 2.13. The zero-order chi connectivity index (χ0) is 10.8. The molecule has 2 heterocycles. The van der Waals surface area contributed by atoms with Crippen LogP contribution in [0.1, 0.15) is 36.6 Å². The number of hydrogen-bond donors (Lipinski definition) is 1. The van der Waals surface area contributed by atoms with E-state index in [9.17, 15) is 0 Å². The van der Waals surface area contributed by atoms with Gasteiger partial charge >= 0.3 is 0 Å². The maximum Gasteiger partial charge on any atom is 0.129 e. The molecule has 0 bridgehead atoms. The van der Waals surface area contributed by atoms with E-state index in [-0.39, 0.29) is 0 Å². The summed E-state index contributed by atoms with van der Waals surface area (Å²) in [6, 6.07) is 4.64. The van der Waals surface area contributed by atoms with Crippen LogP contribution in [0.15, 0.2) is 24.5 Å². The monoisotopic (exact) mass is 203 g/mol. The molecule has 1 N–H and O–H groups in total. The molecule has 0 aliphatic heterocycles. The number of nitrogens with one attached hydrogen (secondary N) is 1. The highest BCUT2D eigenvalue weighted by molar-refractivity contribution is 5.17. The molecule has 0 fully saturated rings. The third-order valence-electron chi connectivity index (χ3n) is 2.86. The molecule has 0 aromatic carbocycles. The van der Waals surface area contributed by atoms with Crippen LogP contribution in [0.5, 0.6) is 0 Å². The molecule has 2 aromatic rings. The molecule has 15 heavy (non-hydrogen) atoms. The van der Waals surface area contributed by atoms with E-state index in [4.69, 9.17) is 0 Å². The Balaban J connectivity index is 2.44. The predicted octanol–water partition coefficient (Wildman–Crippen LogP) is 2.83. The minimum atomic E-state index is 0.329. The molecule has 0 saturated carbocycles. The van der Waals surface area contributed by atoms with Crippen molar-refractivity contribution >= 4 is 0 Å². The fourth-order valence-corrected chi connectivity index (χ4v) is 2.13. The summed E-state index contributed by atoms with van der Waals surface area (Å²) in [7, 11) is 0. The van der Waals surface area contributed by atoms with Crippen molar-refractivity contribution in [2.45, 2.75) is 33.2 Å². The highest BCUT2D eigenvalue weighted by Crippen LogP contribution is 2.23. The van der Waals surface area contributed by atoms with E-state index in [1.165, 1.54) is 11.4 Å². The van der Waals surface area contributed by atoms with Crippen LogP contribution in [0, 0.1) is 13.8 Å². The van der Waals surface area contributed by atoms with Gasteiger partial charge in [0.05, 0.1) is 6.04 Å². The first-order valence-corrected chi connectivity index (χ1v) is 5.37. The van der Waals surface area contributed by atoms with Gasteiger partial charge in [0.15, 0.2) is 0 Å². The molecule has 1 unspecified atom stereocenters. The summed E-state index contributed by atoms with van der Waals surface area (Å²) in [5.74, 6) is 1.04. The molecule has 3 heteroatoms. The Labute approximate surface area is 90.2 Å². The molecule has 0 amide bonds. The van der Waals surface area contributed by atoms with Crippen molar-refractivity contribution in [2.75, 3.05) is 0 Å². The third-order valence-corrected chi connectivity index (χ3v) is 2.86. The molecule has 0 spiro atoms. The molecule has 0 saturated heterocycles. The molecule has 2 rings (SSSR count). The molecule has 0 radical (unpaired) electrons. The van der Waals surface area contributed by atoms with Crippen LogP contribution in [-0.4, -0.2) is 14.5 Å². The Morgan fingerprint density at radius 2 is 2.00 bits per heavy atom. The average Bonchev–Trinajstić information content (AvgIpc) is 2.83. The van der Waals surface area contributed by atoms with Crippen molar-refractivity contribution in [3.8, 4) is 0 Å². The summed E-state index contributed by atoms with van der Waals surface area (Å²) in [5.41, 5.74) is 2.58. The van der Waals surface area contributed by atoms with E-state index in [2.05, 4.69) is 47.4 Å². The summed E-state index contributed by atoms with van der Waals surface area (Å²) >= 11 is 0. The Bertz CT molecular complexity index is 406. The van der Waals surface area contributed by atoms with E-state index in [0.717, 1.165) is 12.2 Å². The van der Waals surface area contributed by atoms with Crippen LogP contribution >= 0.6 is 0 Å². The quantitative estimate of drug-likeness (QED) is 0.817. The van der Waals surface area contributed by atoms with Gasteiger partial charge in [0.2, 0.25) is 0 Å². The van der Waals surface area contributed by atoms with Gasteiger partial charge in [-0.3, -0.25) is 0 Å². The van der Waals surface area contributed by atoms with Crippen LogP contribution in [0.25, 0.3) is 0 Å². The van der Waals surface area contributed by atoms with Crippen LogP contribution in [0.3, 0.4) is 0 Å². The number of H-pyrrole nitrogens is 1. The van der Waals surface area contributed by atoms with Crippen molar-refractivity contribution in [2.24, 2.45) is 0 Å². The SMILES string of the molecule is CCC(c1ncc[nH]1)n1c(C)ccc1C. The number of aromatic amines is 1. The summed E-state index contributed by atoms with van der Waals surface area (Å²) in [4.78, 5) is 7.55. The zero-order valence-electron chi connectivity index (χ0n) is 9.49. The lowest BCUT2D eigenvalue weighted by Gasteiger charge is -2.19. The largest absolute Gasteiger partial charge is 0.347 e. The minimum absolute atomic E-state index is 0.329. The zero-order valence-corrected chi connectivity index (χ0v) is 9.49. The smallest absolute Gasteiger partial charge is 0.129 e. The summed E-state index contributed by atoms with van der Waals surface area (Å²) < 4.78 is 2.33. The van der Waals surface area contributed by atoms with E-state index in [0.29, 0.717) is 6.04 Å². The second kappa shape index (κ2) is 3.93. The van der Waals surface area contributed by atoms with Crippen molar-refractivity contribution in [3.63, 3.8) is 0 Å². The first-order valence-electron chi connectivity index (χ1n) is 5.37. The molecule has 2 aromatic heterocycles. The van der Waals surface area contributed by atoms with E-state index < -0.39 is 0 Å². The summed E-state index contributed by atoms with van der Waals surface area (Å²) in [6.45, 7) is 6.46. The van der Waals surface area contributed by atoms with Crippen LogP contribution in [0.4, 0.5) is 0 Å². The Morgan fingerprint density at radius 3 is 2.47 bits per heavy atom. The number of rotatable bonds is 3. The van der Waals surface area contributed by atoms with E-state index in [1.54, 1.807) is 0 Å². The van der Waals surface area contributed by atoms with Crippen molar-refractivity contribution in [1.82, 2.24) is 14.5 Å². The van der Waals surface area contributed by atoms with Gasteiger partial charge in [0, 0.05) is 23.8 Å². The lowest BCUT2D eigenvalue weighted by atomic mass is 10.2. The first-order chi connectivity index (χ1) is 7.24. The van der Waals surface area contributed by atoms with Gasteiger partial charge in [-0.05, 0) is 32.4 Å². The molecule has 80 valence electrons. The van der Waals surface area contributed by atoms with Crippen LogP contribution < -0.4 is 0 Å². The van der Waals surface area contributed by atoms with Crippen LogP contribution in [0.2, 0.25) is 0 Å². The number of aromatic nitrogens is 3. The number of imidazole rings is 1. The Kier molecular flexibility index (Phi) is 2.62. The van der Waals surface area contributed by atoms with E-state index >= 15 is 0 Å². The highest BCUT2D eigenvalue weighted by Gasteiger charge is 2.16. The topological polar surface area (TPSA) is 33.6 Å². The van der Waals surface area contributed by atoms with Crippen LogP contribution in [-0.2, 0) is 0 Å². The van der Waals surface area contributed by atoms with Gasteiger partial charge < -0.3 is 9.55 Å². The maximum atomic E-state index is 4.35. The molecular formula is C12H17N3. The van der Waals surface area contributed by atoms with E-state index in [1.807, 2.05) is 12.4 Å². The lowest BCUT2D eigenvalue weighted by Crippen LogP contribution is -2.14. The fraction of sp³-hybridized carbons (Fsp3) is 0.417. The molecule has 0 aliphatic carbocycles. The predicted molar refractivity (Wildman–Crippen MR) is 60.9 cm³/mol. The number of nitrogens with zero attached hydrogens (tertiary/aromatic N) is 2. The maximum absolute atomic E-state index is 4.35. The molecule has 1 atom stereocenters. The van der Waals surface area contributed by atoms with Gasteiger partial charge in [-0.15, -0.1) is 0 Å². The second-order valence-corrected chi connectivity index (χ2v) is 3.88. The Morgan fingerprint density at radius 1 is 1.33 bits per heavy atom. The van der Waals surface area contributed by atoms with Gasteiger partial charge in [0.1, 0.15) is 5.82 Å². The second-order valence-electron chi connectivity index (χ2n) is 3.88. The van der Waals surface area contributed by atoms with Crippen molar-refractivity contribution in [3.05, 3.63) is 41.7 Å². The minimum Gasteiger partial charge on any atom is -0.347 e. The average molecular weight is 203 g/mol.